The minimum atomic E-state index is -0.555. The largest absolute Gasteiger partial charge is 0.398 e. The van der Waals surface area contributed by atoms with E-state index in [1.165, 1.54) is 18.2 Å². The van der Waals surface area contributed by atoms with E-state index in [0.29, 0.717) is 11.4 Å². The maximum atomic E-state index is 13.4. The van der Waals surface area contributed by atoms with Crippen LogP contribution < -0.4 is 11.1 Å². The van der Waals surface area contributed by atoms with Gasteiger partial charge in [0.05, 0.1) is 5.56 Å². The smallest absolute Gasteiger partial charge is 0.258 e. The van der Waals surface area contributed by atoms with Crippen LogP contribution in [-0.4, -0.2) is 5.91 Å². The van der Waals surface area contributed by atoms with Crippen molar-refractivity contribution in [3.05, 3.63) is 58.3 Å². The van der Waals surface area contributed by atoms with E-state index in [0.717, 1.165) is 4.47 Å². The second-order valence-corrected chi connectivity index (χ2v) is 4.52. The molecule has 0 unspecified atom stereocenters. The highest BCUT2D eigenvalue weighted by atomic mass is 79.9. The lowest BCUT2D eigenvalue weighted by Gasteiger charge is -2.07. The molecule has 2 aromatic carbocycles. The molecule has 0 aliphatic heterocycles. The molecule has 0 aliphatic rings. The molecule has 0 atom stereocenters. The summed E-state index contributed by atoms with van der Waals surface area (Å²) in [6.07, 6.45) is 0. The van der Waals surface area contributed by atoms with E-state index in [4.69, 9.17) is 5.73 Å². The van der Waals surface area contributed by atoms with Gasteiger partial charge in [-0.3, -0.25) is 4.79 Å². The molecule has 0 fully saturated rings. The molecule has 0 saturated heterocycles. The van der Waals surface area contributed by atoms with Gasteiger partial charge in [0.25, 0.3) is 5.91 Å². The highest BCUT2D eigenvalue weighted by molar-refractivity contribution is 9.10. The highest BCUT2D eigenvalue weighted by Gasteiger charge is 2.11. The number of anilines is 2. The zero-order chi connectivity index (χ0) is 13.1. The Labute approximate surface area is 112 Å². The molecule has 18 heavy (non-hydrogen) atoms. The third-order valence-electron chi connectivity index (χ3n) is 2.37. The Morgan fingerprint density at radius 1 is 1.22 bits per heavy atom. The van der Waals surface area contributed by atoms with Crippen molar-refractivity contribution in [1.29, 1.82) is 0 Å². The standard InChI is InChI=1S/C13H10BrFN2O/c14-10-6-5-8(7-12(10)16)17-13(18)9-3-1-2-4-11(9)15/h1-7H,16H2,(H,17,18). The normalized spacial score (nSPS) is 10.1. The van der Waals surface area contributed by atoms with E-state index in [9.17, 15) is 9.18 Å². The van der Waals surface area contributed by atoms with Gasteiger partial charge in [0.1, 0.15) is 5.82 Å². The minimum Gasteiger partial charge on any atom is -0.398 e. The molecule has 92 valence electrons. The van der Waals surface area contributed by atoms with Crippen molar-refractivity contribution in [2.24, 2.45) is 0 Å². The Balaban J connectivity index is 2.22. The van der Waals surface area contributed by atoms with Crippen LogP contribution >= 0.6 is 15.9 Å². The number of nitrogens with one attached hydrogen (secondary N) is 1. The summed E-state index contributed by atoms with van der Waals surface area (Å²) in [6.45, 7) is 0. The molecule has 3 nitrogen and oxygen atoms in total. The fourth-order valence-corrected chi connectivity index (χ4v) is 1.71. The molecule has 2 rings (SSSR count). The third kappa shape index (κ3) is 2.68. The fraction of sp³-hybridized carbons (Fsp3) is 0. The zero-order valence-electron chi connectivity index (χ0n) is 9.28. The van der Waals surface area contributed by atoms with Crippen molar-refractivity contribution in [3.8, 4) is 0 Å². The summed E-state index contributed by atoms with van der Waals surface area (Å²) in [4.78, 5) is 11.8. The van der Waals surface area contributed by atoms with Crippen molar-refractivity contribution in [1.82, 2.24) is 0 Å². The Hall–Kier alpha value is -1.88. The molecule has 0 bridgehead atoms. The maximum Gasteiger partial charge on any atom is 0.258 e. The molecule has 0 radical (unpaired) electrons. The molecule has 0 aromatic heterocycles. The molecular formula is C13H10BrFN2O. The monoisotopic (exact) mass is 308 g/mol. The Morgan fingerprint density at radius 2 is 1.94 bits per heavy atom. The van der Waals surface area contributed by atoms with Crippen LogP contribution in [0.3, 0.4) is 0 Å². The first-order valence-corrected chi connectivity index (χ1v) is 5.98. The fourth-order valence-electron chi connectivity index (χ4n) is 1.47. The topological polar surface area (TPSA) is 55.1 Å². The van der Waals surface area contributed by atoms with Crippen molar-refractivity contribution >= 4 is 33.2 Å². The van der Waals surface area contributed by atoms with Crippen molar-refractivity contribution in [2.75, 3.05) is 11.1 Å². The summed E-state index contributed by atoms with van der Waals surface area (Å²) in [5.74, 6) is -1.06. The van der Waals surface area contributed by atoms with Crippen LogP contribution in [0.2, 0.25) is 0 Å². The lowest BCUT2D eigenvalue weighted by molar-refractivity contribution is 0.102. The van der Waals surface area contributed by atoms with Crippen LogP contribution in [0, 0.1) is 5.82 Å². The van der Waals surface area contributed by atoms with E-state index in [2.05, 4.69) is 21.2 Å². The van der Waals surface area contributed by atoms with Gasteiger partial charge in [0.2, 0.25) is 0 Å². The molecule has 3 N–H and O–H groups in total. The van der Waals surface area contributed by atoms with E-state index >= 15 is 0 Å². The van der Waals surface area contributed by atoms with Gasteiger partial charge in [0, 0.05) is 15.8 Å². The number of amides is 1. The van der Waals surface area contributed by atoms with Gasteiger partial charge in [-0.2, -0.15) is 0 Å². The Bertz CT molecular complexity index is 601. The van der Waals surface area contributed by atoms with Crippen molar-refractivity contribution < 1.29 is 9.18 Å². The molecule has 0 saturated carbocycles. The van der Waals surface area contributed by atoms with Crippen molar-refractivity contribution in [2.45, 2.75) is 0 Å². The van der Waals surface area contributed by atoms with Gasteiger partial charge in [0.15, 0.2) is 0 Å². The summed E-state index contributed by atoms with van der Waals surface area (Å²) in [5.41, 5.74) is 6.71. The minimum absolute atomic E-state index is 0.000935. The second kappa shape index (κ2) is 5.18. The number of rotatable bonds is 2. The second-order valence-electron chi connectivity index (χ2n) is 3.67. The van der Waals surface area contributed by atoms with Crippen LogP contribution in [-0.2, 0) is 0 Å². The molecule has 5 heteroatoms. The number of hydrogen-bond acceptors (Lipinski definition) is 2. The molecule has 0 aliphatic carbocycles. The zero-order valence-corrected chi connectivity index (χ0v) is 10.9. The van der Waals surface area contributed by atoms with Crippen LogP contribution in [0.1, 0.15) is 10.4 Å². The van der Waals surface area contributed by atoms with Crippen LogP contribution in [0.15, 0.2) is 46.9 Å². The van der Waals surface area contributed by atoms with Gasteiger partial charge < -0.3 is 11.1 Å². The van der Waals surface area contributed by atoms with Gasteiger partial charge in [-0.1, -0.05) is 12.1 Å². The number of halogens is 2. The summed E-state index contributed by atoms with van der Waals surface area (Å²) in [7, 11) is 0. The number of hydrogen-bond donors (Lipinski definition) is 2. The quantitative estimate of drug-likeness (QED) is 0.835. The van der Waals surface area contributed by atoms with Gasteiger partial charge >= 0.3 is 0 Å². The molecule has 0 heterocycles. The first kappa shape index (κ1) is 12.6. The van der Waals surface area contributed by atoms with Crippen LogP contribution in [0.4, 0.5) is 15.8 Å². The van der Waals surface area contributed by atoms with Crippen LogP contribution in [0.5, 0.6) is 0 Å². The summed E-state index contributed by atoms with van der Waals surface area (Å²) in [5, 5.41) is 2.59. The number of nitrogen functional groups attached to an aromatic ring is 1. The third-order valence-corrected chi connectivity index (χ3v) is 3.09. The SMILES string of the molecule is Nc1cc(NC(=O)c2ccccc2F)ccc1Br. The summed E-state index contributed by atoms with van der Waals surface area (Å²) in [6, 6.07) is 10.8. The van der Waals surface area contributed by atoms with Crippen molar-refractivity contribution in [3.63, 3.8) is 0 Å². The summed E-state index contributed by atoms with van der Waals surface area (Å²) >= 11 is 3.25. The number of benzene rings is 2. The van der Waals surface area contributed by atoms with E-state index < -0.39 is 11.7 Å². The average Bonchev–Trinajstić information content (AvgIpc) is 2.34. The number of carbonyl (C=O) groups excluding carboxylic acids is 1. The Morgan fingerprint density at radius 3 is 2.61 bits per heavy atom. The first-order valence-electron chi connectivity index (χ1n) is 5.19. The van der Waals surface area contributed by atoms with Gasteiger partial charge in [-0.05, 0) is 46.3 Å². The predicted octanol–water partition coefficient (Wildman–Crippen LogP) is 3.42. The summed E-state index contributed by atoms with van der Waals surface area (Å²) < 4.78 is 14.1. The van der Waals surface area contributed by atoms with E-state index in [1.54, 1.807) is 24.3 Å². The van der Waals surface area contributed by atoms with E-state index in [1.807, 2.05) is 0 Å². The molecule has 1 amide bonds. The predicted molar refractivity (Wildman–Crippen MR) is 72.9 cm³/mol. The molecular weight excluding hydrogens is 299 g/mol. The van der Waals surface area contributed by atoms with Gasteiger partial charge in [-0.15, -0.1) is 0 Å². The Kier molecular flexibility index (Phi) is 3.62. The van der Waals surface area contributed by atoms with Gasteiger partial charge in [-0.25, -0.2) is 4.39 Å². The van der Waals surface area contributed by atoms with E-state index in [-0.39, 0.29) is 5.56 Å². The molecule has 2 aromatic rings. The first-order chi connectivity index (χ1) is 8.58. The molecule has 0 spiro atoms. The lowest BCUT2D eigenvalue weighted by atomic mass is 10.2. The number of nitrogens with two attached hydrogens (primary N) is 1. The average molecular weight is 309 g/mol. The van der Waals surface area contributed by atoms with Crippen LogP contribution in [0.25, 0.3) is 0 Å². The lowest BCUT2D eigenvalue weighted by Crippen LogP contribution is -2.13. The maximum absolute atomic E-state index is 13.4. The number of carbonyl (C=O) groups is 1. The highest BCUT2D eigenvalue weighted by Crippen LogP contribution is 2.23.